The molecule has 5 rings (SSSR count). The highest BCUT2D eigenvalue weighted by atomic mass is 19.1. The summed E-state index contributed by atoms with van der Waals surface area (Å²) in [6.07, 6.45) is 3.83. The van der Waals surface area contributed by atoms with E-state index in [1.165, 1.54) is 6.07 Å². The van der Waals surface area contributed by atoms with Gasteiger partial charge < -0.3 is 4.90 Å². The molecule has 2 aliphatic heterocycles. The van der Waals surface area contributed by atoms with Gasteiger partial charge >= 0.3 is 0 Å². The summed E-state index contributed by atoms with van der Waals surface area (Å²) in [4.78, 5) is 42.9. The second kappa shape index (κ2) is 8.69. The molecule has 2 aromatic heterocycles. The summed E-state index contributed by atoms with van der Waals surface area (Å²) in [5.74, 6) is 0.629. The molecule has 3 aromatic rings. The van der Waals surface area contributed by atoms with Crippen molar-refractivity contribution in [3.63, 3.8) is 0 Å². The summed E-state index contributed by atoms with van der Waals surface area (Å²) < 4.78 is 14.1. The Labute approximate surface area is 191 Å². The maximum absolute atomic E-state index is 14.1. The summed E-state index contributed by atoms with van der Waals surface area (Å²) in [5.41, 5.74) is 2.50. The molecule has 0 unspecified atom stereocenters. The summed E-state index contributed by atoms with van der Waals surface area (Å²) >= 11 is 0. The first-order chi connectivity index (χ1) is 16.0. The number of hydrogen-bond acceptors (Lipinski definition) is 5. The van der Waals surface area contributed by atoms with Crippen LogP contribution in [0.15, 0.2) is 48.7 Å². The fourth-order valence-electron chi connectivity index (χ4n) is 4.62. The first-order valence-electron chi connectivity index (χ1n) is 11.2. The highest BCUT2D eigenvalue weighted by molar-refractivity contribution is 6.00. The van der Waals surface area contributed by atoms with Gasteiger partial charge in [0, 0.05) is 30.5 Å². The number of carbonyl (C=O) groups excluding carboxylic acids is 2. The van der Waals surface area contributed by atoms with Crippen molar-refractivity contribution in [1.82, 2.24) is 19.9 Å². The maximum atomic E-state index is 14.1. The summed E-state index contributed by atoms with van der Waals surface area (Å²) in [7, 11) is 0. The van der Waals surface area contributed by atoms with Crippen LogP contribution in [-0.4, -0.2) is 44.8 Å². The molecule has 33 heavy (non-hydrogen) atoms. The number of pyridine rings is 1. The molecule has 7 nitrogen and oxygen atoms in total. The quantitative estimate of drug-likeness (QED) is 0.601. The van der Waals surface area contributed by atoms with Crippen LogP contribution in [0.2, 0.25) is 0 Å². The van der Waals surface area contributed by atoms with Crippen LogP contribution in [0, 0.1) is 12.7 Å². The van der Waals surface area contributed by atoms with Crippen molar-refractivity contribution in [1.29, 1.82) is 0 Å². The molecule has 1 aromatic carbocycles. The van der Waals surface area contributed by atoms with Gasteiger partial charge in [-0.1, -0.05) is 24.3 Å². The third kappa shape index (κ3) is 3.97. The second-order valence-electron chi connectivity index (χ2n) is 8.40. The molecule has 4 heterocycles. The van der Waals surface area contributed by atoms with E-state index in [1.807, 2.05) is 6.92 Å². The fraction of sp³-hybridized carbons (Fsp3) is 0.320. The van der Waals surface area contributed by atoms with Gasteiger partial charge in [0.15, 0.2) is 5.82 Å². The van der Waals surface area contributed by atoms with E-state index < -0.39 is 0 Å². The predicted molar refractivity (Wildman–Crippen MR) is 120 cm³/mol. The van der Waals surface area contributed by atoms with Crippen LogP contribution in [0.25, 0.3) is 0 Å². The Kier molecular flexibility index (Phi) is 5.58. The Morgan fingerprint density at radius 2 is 1.97 bits per heavy atom. The van der Waals surface area contributed by atoms with Crippen molar-refractivity contribution < 1.29 is 14.0 Å². The van der Waals surface area contributed by atoms with Crippen molar-refractivity contribution in [3.8, 4) is 0 Å². The lowest BCUT2D eigenvalue weighted by atomic mass is 10.1. The lowest BCUT2D eigenvalue weighted by Gasteiger charge is -2.25. The second-order valence-corrected chi connectivity index (χ2v) is 8.40. The fourth-order valence-corrected chi connectivity index (χ4v) is 4.62. The molecule has 0 bridgehead atoms. The minimum Gasteiger partial charge on any atom is -0.327 e. The summed E-state index contributed by atoms with van der Waals surface area (Å²) in [6.45, 7) is 2.82. The van der Waals surface area contributed by atoms with Crippen molar-refractivity contribution in [2.75, 3.05) is 18.0 Å². The van der Waals surface area contributed by atoms with Gasteiger partial charge in [-0.2, -0.15) is 0 Å². The molecular formula is C25H24FN5O2. The monoisotopic (exact) mass is 445 g/mol. The summed E-state index contributed by atoms with van der Waals surface area (Å²) in [6, 6.07) is 11.6. The maximum Gasteiger partial charge on any atom is 0.273 e. The molecule has 1 atom stereocenters. The van der Waals surface area contributed by atoms with Crippen LogP contribution < -0.4 is 4.90 Å². The number of likely N-dealkylation sites (tertiary alicyclic amines) is 1. The van der Waals surface area contributed by atoms with E-state index in [0.717, 1.165) is 24.1 Å². The van der Waals surface area contributed by atoms with Crippen LogP contribution in [-0.2, 0) is 17.6 Å². The molecule has 1 fully saturated rings. The van der Waals surface area contributed by atoms with E-state index in [1.54, 1.807) is 52.4 Å². The number of benzene rings is 1. The van der Waals surface area contributed by atoms with Crippen LogP contribution in [0.1, 0.15) is 52.0 Å². The molecule has 0 N–H and O–H groups in total. The Morgan fingerprint density at radius 3 is 2.76 bits per heavy atom. The van der Waals surface area contributed by atoms with Crippen molar-refractivity contribution in [2.24, 2.45) is 0 Å². The van der Waals surface area contributed by atoms with Gasteiger partial charge in [-0.25, -0.2) is 14.4 Å². The summed E-state index contributed by atoms with van der Waals surface area (Å²) in [5, 5.41) is 0. The van der Waals surface area contributed by atoms with E-state index in [4.69, 9.17) is 9.97 Å². The number of amides is 2. The smallest absolute Gasteiger partial charge is 0.273 e. The first-order valence-corrected chi connectivity index (χ1v) is 11.2. The van der Waals surface area contributed by atoms with Gasteiger partial charge in [-0.05, 0) is 49.9 Å². The molecular weight excluding hydrogens is 421 g/mol. The van der Waals surface area contributed by atoms with E-state index in [2.05, 4.69) is 4.98 Å². The van der Waals surface area contributed by atoms with Gasteiger partial charge in [0.05, 0.1) is 12.5 Å². The highest BCUT2D eigenvalue weighted by Crippen LogP contribution is 2.35. The number of aryl methyl sites for hydroxylation is 1. The number of nitrogens with zero attached hydrogens (tertiary/aromatic N) is 5. The van der Waals surface area contributed by atoms with Crippen LogP contribution in [0.4, 0.5) is 10.2 Å². The number of anilines is 1. The number of hydrogen-bond donors (Lipinski definition) is 0. The predicted octanol–water partition coefficient (Wildman–Crippen LogP) is 3.43. The van der Waals surface area contributed by atoms with Crippen LogP contribution in [0.3, 0.4) is 0 Å². The topological polar surface area (TPSA) is 79.3 Å². The van der Waals surface area contributed by atoms with Crippen molar-refractivity contribution in [3.05, 3.63) is 82.8 Å². The van der Waals surface area contributed by atoms with Gasteiger partial charge in [-0.3, -0.25) is 19.5 Å². The molecule has 0 aliphatic carbocycles. The van der Waals surface area contributed by atoms with E-state index in [-0.39, 0.29) is 30.1 Å². The first kappa shape index (κ1) is 21.2. The van der Waals surface area contributed by atoms with E-state index in [0.29, 0.717) is 42.4 Å². The Bertz CT molecular complexity index is 1220. The SMILES string of the molecule is Cc1nc([C@H]2CCCN2C(=O)c2ccccn2)nc2c1CC(=O)N2CCc1ccccc1F. The highest BCUT2D eigenvalue weighted by Gasteiger charge is 2.36. The normalized spacial score (nSPS) is 17.5. The molecule has 168 valence electrons. The van der Waals surface area contributed by atoms with Gasteiger partial charge in [0.25, 0.3) is 5.91 Å². The number of aromatic nitrogens is 3. The number of fused-ring (bicyclic) bond motifs is 1. The lowest BCUT2D eigenvalue weighted by molar-refractivity contribution is -0.117. The van der Waals surface area contributed by atoms with Crippen LogP contribution >= 0.6 is 0 Å². The van der Waals surface area contributed by atoms with Gasteiger partial charge in [-0.15, -0.1) is 0 Å². The Hall–Kier alpha value is -3.68. The zero-order chi connectivity index (χ0) is 22.9. The van der Waals surface area contributed by atoms with Gasteiger partial charge in [0.2, 0.25) is 5.91 Å². The zero-order valence-electron chi connectivity index (χ0n) is 18.4. The number of rotatable bonds is 5. The Balaban J connectivity index is 1.43. The third-order valence-electron chi connectivity index (χ3n) is 6.35. The molecule has 8 heteroatoms. The van der Waals surface area contributed by atoms with E-state index >= 15 is 0 Å². The molecule has 0 spiro atoms. The Morgan fingerprint density at radius 1 is 1.15 bits per heavy atom. The standard InChI is InChI=1S/C25H24FN5O2/c1-16-18-15-22(32)31(14-11-17-7-2-3-8-19(17)26)24(18)29-23(28-16)21-10-6-13-30(21)25(33)20-9-4-5-12-27-20/h2-5,7-9,12,21H,6,10-11,13-15H2,1H3/t21-/m1/s1. The molecule has 2 aliphatic rings. The average molecular weight is 445 g/mol. The third-order valence-corrected chi connectivity index (χ3v) is 6.35. The minimum atomic E-state index is -0.279. The molecule has 0 saturated carbocycles. The number of carbonyl (C=O) groups is 2. The lowest BCUT2D eigenvalue weighted by Crippen LogP contribution is -2.33. The van der Waals surface area contributed by atoms with Gasteiger partial charge in [0.1, 0.15) is 17.3 Å². The van der Waals surface area contributed by atoms with Crippen molar-refractivity contribution in [2.45, 2.75) is 38.6 Å². The molecule has 0 radical (unpaired) electrons. The van der Waals surface area contributed by atoms with E-state index in [9.17, 15) is 14.0 Å². The van der Waals surface area contributed by atoms with Crippen molar-refractivity contribution >= 4 is 17.6 Å². The van der Waals surface area contributed by atoms with Crippen LogP contribution in [0.5, 0.6) is 0 Å². The molecule has 2 amide bonds. The zero-order valence-corrected chi connectivity index (χ0v) is 18.4. The number of halogens is 1. The average Bonchev–Trinajstić information content (AvgIpc) is 3.43. The molecule has 1 saturated heterocycles. The largest absolute Gasteiger partial charge is 0.327 e. The minimum absolute atomic E-state index is 0.0660.